The number of carbonyl (C=O) groups excluding carboxylic acids is 1. The first-order valence-electron chi connectivity index (χ1n) is 8.17. The van der Waals surface area contributed by atoms with E-state index in [0.29, 0.717) is 11.9 Å². The Kier molecular flexibility index (Phi) is 5.26. The van der Waals surface area contributed by atoms with E-state index in [0.717, 1.165) is 32.4 Å². The molecule has 1 saturated heterocycles. The van der Waals surface area contributed by atoms with Crippen LogP contribution in [0.2, 0.25) is 0 Å². The summed E-state index contributed by atoms with van der Waals surface area (Å²) in [5.41, 5.74) is -0.0771. The SMILES string of the molecule is CCC1(C(=O)N(C)C2CCCCCC2)CCNCC1. The quantitative estimate of drug-likeness (QED) is 0.797. The van der Waals surface area contributed by atoms with Crippen LogP contribution in [0.25, 0.3) is 0 Å². The lowest BCUT2D eigenvalue weighted by Crippen LogP contribution is -2.50. The van der Waals surface area contributed by atoms with E-state index in [2.05, 4.69) is 24.2 Å². The number of hydrogen-bond acceptors (Lipinski definition) is 2. The van der Waals surface area contributed by atoms with Crippen LogP contribution in [0.5, 0.6) is 0 Å². The van der Waals surface area contributed by atoms with Crippen LogP contribution in [-0.4, -0.2) is 37.0 Å². The molecule has 1 saturated carbocycles. The van der Waals surface area contributed by atoms with E-state index in [1.165, 1.54) is 38.5 Å². The molecule has 0 aromatic carbocycles. The van der Waals surface area contributed by atoms with E-state index in [-0.39, 0.29) is 5.41 Å². The van der Waals surface area contributed by atoms with Crippen LogP contribution in [0, 0.1) is 5.41 Å². The van der Waals surface area contributed by atoms with Gasteiger partial charge < -0.3 is 10.2 Å². The monoisotopic (exact) mass is 266 g/mol. The first-order chi connectivity index (χ1) is 9.19. The van der Waals surface area contributed by atoms with Gasteiger partial charge in [-0.2, -0.15) is 0 Å². The molecule has 1 amide bonds. The summed E-state index contributed by atoms with van der Waals surface area (Å²) in [5, 5.41) is 3.39. The van der Waals surface area contributed by atoms with E-state index in [1.807, 2.05) is 0 Å². The molecule has 0 atom stereocenters. The van der Waals surface area contributed by atoms with E-state index >= 15 is 0 Å². The van der Waals surface area contributed by atoms with Crippen LogP contribution in [-0.2, 0) is 4.79 Å². The summed E-state index contributed by atoms with van der Waals surface area (Å²) >= 11 is 0. The zero-order valence-electron chi connectivity index (χ0n) is 12.7. The van der Waals surface area contributed by atoms with Crippen LogP contribution in [0.4, 0.5) is 0 Å². The number of carbonyl (C=O) groups is 1. The fraction of sp³-hybridized carbons (Fsp3) is 0.938. The highest BCUT2D eigenvalue weighted by molar-refractivity contribution is 5.83. The van der Waals surface area contributed by atoms with E-state index in [9.17, 15) is 4.79 Å². The predicted molar refractivity (Wildman–Crippen MR) is 79.1 cm³/mol. The highest BCUT2D eigenvalue weighted by Crippen LogP contribution is 2.36. The van der Waals surface area contributed by atoms with Crippen LogP contribution in [0.15, 0.2) is 0 Å². The molecule has 1 aliphatic carbocycles. The lowest BCUT2D eigenvalue weighted by molar-refractivity contribution is -0.145. The van der Waals surface area contributed by atoms with Crippen molar-refractivity contribution in [3.05, 3.63) is 0 Å². The molecule has 19 heavy (non-hydrogen) atoms. The van der Waals surface area contributed by atoms with Crippen molar-refractivity contribution >= 4 is 5.91 Å². The Hall–Kier alpha value is -0.570. The topological polar surface area (TPSA) is 32.3 Å². The van der Waals surface area contributed by atoms with Gasteiger partial charge in [-0.3, -0.25) is 4.79 Å². The van der Waals surface area contributed by atoms with Crippen molar-refractivity contribution in [2.24, 2.45) is 5.41 Å². The van der Waals surface area contributed by atoms with E-state index in [4.69, 9.17) is 0 Å². The highest BCUT2D eigenvalue weighted by atomic mass is 16.2. The normalized spacial score (nSPS) is 24.7. The molecule has 0 bridgehead atoms. The van der Waals surface area contributed by atoms with Gasteiger partial charge in [0.05, 0.1) is 5.41 Å². The van der Waals surface area contributed by atoms with Gasteiger partial charge in [-0.1, -0.05) is 32.6 Å². The third-order valence-corrected chi connectivity index (χ3v) is 5.38. The Morgan fingerprint density at radius 1 is 1.16 bits per heavy atom. The summed E-state index contributed by atoms with van der Waals surface area (Å²) in [6.07, 6.45) is 10.7. The molecule has 0 unspecified atom stereocenters. The Morgan fingerprint density at radius 2 is 1.74 bits per heavy atom. The molecular weight excluding hydrogens is 236 g/mol. The molecule has 0 spiro atoms. The van der Waals surface area contributed by atoms with Gasteiger partial charge in [-0.15, -0.1) is 0 Å². The van der Waals surface area contributed by atoms with Gasteiger partial charge in [-0.25, -0.2) is 0 Å². The van der Waals surface area contributed by atoms with E-state index in [1.54, 1.807) is 0 Å². The lowest BCUT2D eigenvalue weighted by atomic mass is 9.75. The molecule has 2 fully saturated rings. The maximum atomic E-state index is 13.0. The number of piperidine rings is 1. The maximum Gasteiger partial charge on any atom is 0.228 e. The summed E-state index contributed by atoms with van der Waals surface area (Å²) in [4.78, 5) is 15.1. The Bertz CT molecular complexity index is 289. The van der Waals surface area contributed by atoms with Gasteiger partial charge in [-0.05, 0) is 45.2 Å². The maximum absolute atomic E-state index is 13.0. The van der Waals surface area contributed by atoms with Crippen molar-refractivity contribution in [2.45, 2.75) is 70.8 Å². The van der Waals surface area contributed by atoms with Gasteiger partial charge in [0.15, 0.2) is 0 Å². The molecule has 0 aromatic rings. The van der Waals surface area contributed by atoms with Crippen LogP contribution >= 0.6 is 0 Å². The average Bonchev–Trinajstić information content (AvgIpc) is 2.75. The zero-order chi connectivity index (χ0) is 13.7. The molecule has 110 valence electrons. The molecule has 2 aliphatic rings. The third kappa shape index (κ3) is 3.31. The van der Waals surface area contributed by atoms with Gasteiger partial charge in [0.1, 0.15) is 0 Å². The van der Waals surface area contributed by atoms with Crippen LogP contribution in [0.1, 0.15) is 64.7 Å². The second-order valence-corrected chi connectivity index (χ2v) is 6.45. The molecule has 1 N–H and O–H groups in total. The first-order valence-corrected chi connectivity index (χ1v) is 8.17. The minimum Gasteiger partial charge on any atom is -0.342 e. The molecule has 3 heteroatoms. The number of nitrogens with zero attached hydrogens (tertiary/aromatic N) is 1. The van der Waals surface area contributed by atoms with Crippen molar-refractivity contribution < 1.29 is 4.79 Å². The summed E-state index contributed by atoms with van der Waals surface area (Å²) in [5.74, 6) is 0.420. The summed E-state index contributed by atoms with van der Waals surface area (Å²) in [7, 11) is 2.05. The molecule has 1 heterocycles. The van der Waals surface area contributed by atoms with Crippen molar-refractivity contribution in [2.75, 3.05) is 20.1 Å². The van der Waals surface area contributed by atoms with Crippen LogP contribution in [0.3, 0.4) is 0 Å². The summed E-state index contributed by atoms with van der Waals surface area (Å²) in [6.45, 7) is 4.18. The zero-order valence-corrected chi connectivity index (χ0v) is 12.7. The largest absolute Gasteiger partial charge is 0.342 e. The smallest absolute Gasteiger partial charge is 0.228 e. The van der Waals surface area contributed by atoms with Crippen molar-refractivity contribution in [3.63, 3.8) is 0 Å². The first kappa shape index (κ1) is 14.8. The number of nitrogens with one attached hydrogen (secondary N) is 1. The van der Waals surface area contributed by atoms with Gasteiger partial charge >= 0.3 is 0 Å². The van der Waals surface area contributed by atoms with Crippen molar-refractivity contribution in [1.29, 1.82) is 0 Å². The molecule has 0 radical (unpaired) electrons. The van der Waals surface area contributed by atoms with Crippen LogP contribution < -0.4 is 5.32 Å². The summed E-state index contributed by atoms with van der Waals surface area (Å²) < 4.78 is 0. The van der Waals surface area contributed by atoms with Crippen molar-refractivity contribution in [1.82, 2.24) is 10.2 Å². The minimum atomic E-state index is -0.0771. The molecular formula is C16H30N2O. The Labute approximate surface area is 118 Å². The van der Waals surface area contributed by atoms with Gasteiger partial charge in [0, 0.05) is 13.1 Å². The molecule has 0 aromatic heterocycles. The molecule has 1 aliphatic heterocycles. The third-order valence-electron chi connectivity index (χ3n) is 5.38. The van der Waals surface area contributed by atoms with Crippen molar-refractivity contribution in [3.8, 4) is 0 Å². The predicted octanol–water partition coefficient (Wildman–Crippen LogP) is 2.95. The Balaban J connectivity index is 2.03. The number of hydrogen-bond donors (Lipinski definition) is 1. The van der Waals surface area contributed by atoms with Gasteiger partial charge in [0.25, 0.3) is 0 Å². The second-order valence-electron chi connectivity index (χ2n) is 6.45. The average molecular weight is 266 g/mol. The molecule has 2 rings (SSSR count). The second kappa shape index (κ2) is 6.74. The van der Waals surface area contributed by atoms with Gasteiger partial charge in [0.2, 0.25) is 5.91 Å². The lowest BCUT2D eigenvalue weighted by Gasteiger charge is -2.41. The van der Waals surface area contributed by atoms with E-state index < -0.39 is 0 Å². The summed E-state index contributed by atoms with van der Waals surface area (Å²) in [6, 6.07) is 0.494. The molecule has 3 nitrogen and oxygen atoms in total. The number of amides is 1. The standard InChI is InChI=1S/C16H30N2O/c1-3-16(10-12-17-13-11-16)15(19)18(2)14-8-6-4-5-7-9-14/h14,17H,3-13H2,1-2H3. The fourth-order valence-electron chi connectivity index (χ4n) is 3.81. The highest BCUT2D eigenvalue weighted by Gasteiger charge is 2.40. The number of rotatable bonds is 3. The fourth-order valence-corrected chi connectivity index (χ4v) is 3.81. The Morgan fingerprint density at radius 3 is 2.26 bits per heavy atom. The minimum absolute atomic E-state index is 0.0771.